The second-order valence-electron chi connectivity index (χ2n) is 8.96. The quantitative estimate of drug-likeness (QED) is 0.0789. The van der Waals surface area contributed by atoms with E-state index < -0.39 is 66.4 Å². The van der Waals surface area contributed by atoms with Crippen LogP contribution in [-0.2, 0) is 28.6 Å². The molecule has 0 amide bonds. The Morgan fingerprint density at radius 3 is 2.32 bits per heavy atom. The monoisotopic (exact) mass is 486 g/mol. The number of ether oxygens (including phenoxy) is 3. The van der Waals surface area contributed by atoms with E-state index in [4.69, 9.17) is 31.4 Å². The number of nitrogens with zero attached hydrogens (tertiary/aromatic N) is 1. The number of Topliss-reactive ketones (excluding diaryl/α,β-unsaturated/α-hetero) is 1. The van der Waals surface area contributed by atoms with E-state index in [1.807, 2.05) is 0 Å². The fourth-order valence-corrected chi connectivity index (χ4v) is 3.46. The topological polar surface area (TPSA) is 230 Å². The highest BCUT2D eigenvalue weighted by Crippen LogP contribution is 2.42. The molecule has 1 aliphatic heterocycles. The summed E-state index contributed by atoms with van der Waals surface area (Å²) in [6.45, 7) is 3.98. The van der Waals surface area contributed by atoms with Gasteiger partial charge in [0.15, 0.2) is 5.96 Å². The molecular formula is C21H34N4O9. The van der Waals surface area contributed by atoms with Crippen molar-refractivity contribution in [1.82, 2.24) is 0 Å². The second-order valence-corrected chi connectivity index (χ2v) is 8.96. The molecule has 0 unspecified atom stereocenters. The molecule has 0 saturated heterocycles. The third-order valence-corrected chi connectivity index (χ3v) is 5.60. The summed E-state index contributed by atoms with van der Waals surface area (Å²) < 4.78 is 16.3. The minimum absolute atomic E-state index is 0.158. The standard InChI is InChI=1S/C21H34N4O9/c1-9(2)15(22)19(31)34-21(4-5-21)33-18(30)14-7-12(25-20(23)24)11(6-10(3)27)17(32-14)16(29)13(28)8-26/h7,9,11-13,15-17,26,28-29H,4-6,8,22H2,1-3H3,(H4,23,24,25)/t11-,12+,13-,15+,16+,17-/m1/s1. The first-order valence-corrected chi connectivity index (χ1v) is 11.0. The molecule has 1 heterocycles. The third-order valence-electron chi connectivity index (χ3n) is 5.60. The number of esters is 2. The van der Waals surface area contributed by atoms with E-state index >= 15 is 0 Å². The van der Waals surface area contributed by atoms with Crippen LogP contribution in [0, 0.1) is 11.8 Å². The Bertz CT molecular complexity index is 836. The number of hydrogen-bond donors (Lipinski definition) is 6. The van der Waals surface area contributed by atoms with Crippen molar-refractivity contribution in [2.24, 2.45) is 34.0 Å². The molecule has 2 aliphatic rings. The van der Waals surface area contributed by atoms with Gasteiger partial charge in [-0.2, -0.15) is 0 Å². The van der Waals surface area contributed by atoms with Gasteiger partial charge < -0.3 is 51.5 Å². The minimum Gasteiger partial charge on any atom is -0.480 e. The molecule has 1 aliphatic carbocycles. The Balaban J connectivity index is 2.31. The fraction of sp³-hybridized carbons (Fsp3) is 0.714. The van der Waals surface area contributed by atoms with Gasteiger partial charge in [0.2, 0.25) is 5.76 Å². The summed E-state index contributed by atoms with van der Waals surface area (Å²) in [7, 11) is 0. The van der Waals surface area contributed by atoms with E-state index in [-0.39, 0.29) is 36.9 Å². The number of aliphatic hydroxyl groups excluding tert-OH is 3. The molecular weight excluding hydrogens is 452 g/mol. The van der Waals surface area contributed by atoms with Crippen molar-refractivity contribution in [3.8, 4) is 0 Å². The van der Waals surface area contributed by atoms with Crippen LogP contribution in [0.3, 0.4) is 0 Å². The van der Waals surface area contributed by atoms with E-state index in [0.29, 0.717) is 0 Å². The van der Waals surface area contributed by atoms with Crippen molar-refractivity contribution in [2.45, 2.75) is 76.2 Å². The highest BCUT2D eigenvalue weighted by molar-refractivity contribution is 5.88. The van der Waals surface area contributed by atoms with Crippen molar-refractivity contribution in [1.29, 1.82) is 0 Å². The SMILES string of the molecule is CC(=O)C[C@H]1[C@H]([C@@H](O)[C@H](O)CO)OC(C(=O)OC2(OC(=O)[C@@H](N)C(C)C)CC2)=C[C@@H]1N=C(N)N. The average Bonchev–Trinajstić information content (AvgIpc) is 3.50. The first-order valence-electron chi connectivity index (χ1n) is 11.0. The van der Waals surface area contributed by atoms with Crippen LogP contribution in [0.4, 0.5) is 0 Å². The first-order chi connectivity index (χ1) is 15.8. The van der Waals surface area contributed by atoms with Gasteiger partial charge in [0.1, 0.15) is 30.1 Å². The molecule has 2 rings (SSSR count). The maximum Gasteiger partial charge on any atom is 0.376 e. The van der Waals surface area contributed by atoms with Gasteiger partial charge in [-0.3, -0.25) is 4.79 Å². The smallest absolute Gasteiger partial charge is 0.376 e. The summed E-state index contributed by atoms with van der Waals surface area (Å²) in [6.07, 6.45) is -3.11. The molecule has 13 nitrogen and oxygen atoms in total. The molecule has 0 aromatic carbocycles. The van der Waals surface area contributed by atoms with Crippen LogP contribution in [0.25, 0.3) is 0 Å². The van der Waals surface area contributed by atoms with Crippen LogP contribution in [0.15, 0.2) is 16.8 Å². The maximum atomic E-state index is 12.9. The summed E-state index contributed by atoms with van der Waals surface area (Å²) in [5, 5.41) is 29.7. The number of hydrogen-bond acceptors (Lipinski definition) is 11. The lowest BCUT2D eigenvalue weighted by Crippen LogP contribution is -2.51. The summed E-state index contributed by atoms with van der Waals surface area (Å²) in [6, 6.07) is -1.90. The van der Waals surface area contributed by atoms with Crippen LogP contribution in [0.2, 0.25) is 0 Å². The van der Waals surface area contributed by atoms with Crippen molar-refractivity contribution < 1.29 is 43.9 Å². The zero-order valence-corrected chi connectivity index (χ0v) is 19.4. The van der Waals surface area contributed by atoms with Gasteiger partial charge in [-0.1, -0.05) is 13.8 Å². The molecule has 0 aromatic heterocycles. The summed E-state index contributed by atoms with van der Waals surface area (Å²) in [5.74, 6) is -5.37. The van der Waals surface area contributed by atoms with E-state index in [1.165, 1.54) is 13.0 Å². The van der Waals surface area contributed by atoms with E-state index in [0.717, 1.165) is 0 Å². The molecule has 0 bridgehead atoms. The van der Waals surface area contributed by atoms with E-state index in [2.05, 4.69) is 4.99 Å². The Morgan fingerprint density at radius 1 is 1.24 bits per heavy atom. The third kappa shape index (κ3) is 6.88. The van der Waals surface area contributed by atoms with Crippen molar-refractivity contribution in [3.63, 3.8) is 0 Å². The summed E-state index contributed by atoms with van der Waals surface area (Å²) in [5.41, 5.74) is 16.8. The lowest BCUT2D eigenvalue weighted by molar-refractivity contribution is -0.200. The van der Waals surface area contributed by atoms with Crippen molar-refractivity contribution >= 4 is 23.7 Å². The molecule has 0 radical (unpaired) electrons. The predicted molar refractivity (Wildman–Crippen MR) is 117 cm³/mol. The summed E-state index contributed by atoms with van der Waals surface area (Å²) in [4.78, 5) is 41.0. The van der Waals surface area contributed by atoms with Crippen LogP contribution >= 0.6 is 0 Å². The molecule has 0 aromatic rings. The average molecular weight is 487 g/mol. The normalized spacial score (nSPS) is 25.8. The first kappa shape index (κ1) is 27.5. The van der Waals surface area contributed by atoms with Crippen LogP contribution in [-0.4, -0.2) is 81.8 Å². The molecule has 0 spiro atoms. The van der Waals surface area contributed by atoms with Gasteiger partial charge in [-0.25, -0.2) is 9.79 Å². The molecule has 1 saturated carbocycles. The largest absolute Gasteiger partial charge is 0.480 e. The van der Waals surface area contributed by atoms with Crippen LogP contribution < -0.4 is 17.2 Å². The zero-order valence-electron chi connectivity index (χ0n) is 19.4. The van der Waals surface area contributed by atoms with Gasteiger partial charge in [-0.05, 0) is 18.9 Å². The number of aliphatic hydroxyl groups is 3. The Labute approximate surface area is 196 Å². The van der Waals surface area contributed by atoms with Crippen LogP contribution in [0.5, 0.6) is 0 Å². The highest BCUT2D eigenvalue weighted by Gasteiger charge is 2.53. The van der Waals surface area contributed by atoms with E-state index in [9.17, 15) is 29.7 Å². The number of aliphatic imine (C=N–C) groups is 1. The number of guanidine groups is 1. The Kier molecular flexibility index (Phi) is 9.00. The number of nitrogens with two attached hydrogens (primary N) is 3. The number of carbonyl (C=O) groups is 3. The molecule has 192 valence electrons. The van der Waals surface area contributed by atoms with Crippen molar-refractivity contribution in [3.05, 3.63) is 11.8 Å². The number of rotatable bonds is 11. The molecule has 13 heteroatoms. The lowest BCUT2D eigenvalue weighted by Gasteiger charge is -2.38. The molecule has 6 atom stereocenters. The zero-order chi connectivity index (χ0) is 25.8. The highest BCUT2D eigenvalue weighted by atomic mass is 16.7. The number of carbonyl (C=O) groups excluding carboxylic acids is 3. The molecule has 9 N–H and O–H groups in total. The second kappa shape index (κ2) is 11.1. The minimum atomic E-state index is -1.70. The van der Waals surface area contributed by atoms with Gasteiger partial charge in [0.05, 0.1) is 12.6 Å². The summed E-state index contributed by atoms with van der Waals surface area (Å²) >= 11 is 0. The van der Waals surface area contributed by atoms with Crippen molar-refractivity contribution in [2.75, 3.05) is 6.61 Å². The fourth-order valence-electron chi connectivity index (χ4n) is 3.46. The van der Waals surface area contributed by atoms with E-state index in [1.54, 1.807) is 13.8 Å². The van der Waals surface area contributed by atoms with Gasteiger partial charge >= 0.3 is 11.9 Å². The predicted octanol–water partition coefficient (Wildman–Crippen LogP) is -2.22. The Morgan fingerprint density at radius 2 is 1.85 bits per heavy atom. The van der Waals surface area contributed by atoms with Gasteiger partial charge in [-0.15, -0.1) is 0 Å². The number of ketones is 1. The van der Waals surface area contributed by atoms with Crippen LogP contribution in [0.1, 0.15) is 40.0 Å². The van der Waals surface area contributed by atoms with Gasteiger partial charge in [0.25, 0.3) is 5.79 Å². The van der Waals surface area contributed by atoms with Gasteiger partial charge in [0, 0.05) is 25.2 Å². The maximum absolute atomic E-state index is 12.9. The Hall–Kier alpha value is -2.74. The lowest BCUT2D eigenvalue weighted by atomic mass is 9.83. The molecule has 34 heavy (non-hydrogen) atoms. The molecule has 1 fully saturated rings.